The first kappa shape index (κ1) is 20.4. The first-order valence-corrected chi connectivity index (χ1v) is 10.9. The number of hydrogen-bond donors (Lipinski definition) is 2. The molecule has 3 aromatic rings. The van der Waals surface area contributed by atoms with Crippen LogP contribution in [-0.2, 0) is 0 Å². The summed E-state index contributed by atoms with van der Waals surface area (Å²) in [5.74, 6) is 0.862. The Kier molecular flexibility index (Phi) is 6.06. The maximum absolute atomic E-state index is 12.9. The number of piperidine rings is 1. The summed E-state index contributed by atoms with van der Waals surface area (Å²) in [7, 11) is 1.54. The van der Waals surface area contributed by atoms with E-state index in [2.05, 4.69) is 15.3 Å². The predicted octanol–water partition coefficient (Wildman–Crippen LogP) is 3.88. The standard InChI is InChI=1S/C21H21ClN4O3S/c1-29-18-3-2-14(22)10-16(18)20(28)26-7-4-15(5-8-26)23-21-24-17(11-19(27)25-21)13-6-9-30-12-13/h2-3,6,9-12,15H,4-5,7-8H2,1H3,(H2,23,24,25,27). The fraction of sp³-hybridized carbons (Fsp3) is 0.286. The van der Waals surface area contributed by atoms with Crippen LogP contribution in [0.2, 0.25) is 5.02 Å². The molecule has 0 radical (unpaired) electrons. The van der Waals surface area contributed by atoms with Crippen molar-refractivity contribution < 1.29 is 9.53 Å². The minimum Gasteiger partial charge on any atom is -0.496 e. The number of hydrogen-bond acceptors (Lipinski definition) is 6. The van der Waals surface area contributed by atoms with Crippen LogP contribution in [0.4, 0.5) is 5.95 Å². The van der Waals surface area contributed by atoms with Crippen LogP contribution in [0, 0.1) is 0 Å². The summed E-state index contributed by atoms with van der Waals surface area (Å²) in [5.41, 5.74) is 1.83. The zero-order chi connectivity index (χ0) is 21.1. The quantitative estimate of drug-likeness (QED) is 0.623. The number of nitrogens with one attached hydrogen (secondary N) is 2. The molecule has 1 saturated heterocycles. The molecule has 9 heteroatoms. The SMILES string of the molecule is COc1ccc(Cl)cc1C(=O)N1CCC(Nc2nc(-c3ccsc3)cc(=O)[nH]2)CC1. The smallest absolute Gasteiger partial charge is 0.257 e. The molecule has 0 atom stereocenters. The van der Waals surface area contributed by atoms with Gasteiger partial charge in [-0.3, -0.25) is 14.6 Å². The van der Waals surface area contributed by atoms with E-state index in [1.807, 2.05) is 16.8 Å². The number of thiophene rings is 1. The number of benzene rings is 1. The molecule has 0 unspecified atom stereocenters. The molecule has 7 nitrogen and oxygen atoms in total. The van der Waals surface area contributed by atoms with Gasteiger partial charge in [0.05, 0.1) is 18.4 Å². The third-order valence-corrected chi connectivity index (χ3v) is 5.99. The Morgan fingerprint density at radius 3 is 2.80 bits per heavy atom. The minimum absolute atomic E-state index is 0.0983. The maximum atomic E-state index is 12.9. The normalized spacial score (nSPS) is 14.5. The van der Waals surface area contributed by atoms with Gasteiger partial charge in [0, 0.05) is 41.2 Å². The van der Waals surface area contributed by atoms with Gasteiger partial charge in [0.1, 0.15) is 5.75 Å². The molecule has 0 aliphatic carbocycles. The van der Waals surface area contributed by atoms with E-state index >= 15 is 0 Å². The van der Waals surface area contributed by atoms with Crippen LogP contribution in [0.5, 0.6) is 5.75 Å². The lowest BCUT2D eigenvalue weighted by atomic mass is 10.0. The summed E-state index contributed by atoms with van der Waals surface area (Å²) in [4.78, 5) is 34.0. The second-order valence-corrected chi connectivity index (χ2v) is 8.26. The first-order chi connectivity index (χ1) is 14.5. The molecule has 1 aliphatic rings. The van der Waals surface area contributed by atoms with Crippen LogP contribution < -0.4 is 15.6 Å². The van der Waals surface area contributed by atoms with Gasteiger partial charge in [0.25, 0.3) is 11.5 Å². The summed E-state index contributed by atoms with van der Waals surface area (Å²) < 4.78 is 5.31. The van der Waals surface area contributed by atoms with Gasteiger partial charge in [-0.1, -0.05) is 11.6 Å². The van der Waals surface area contributed by atoms with Crippen molar-refractivity contribution >= 4 is 34.8 Å². The Morgan fingerprint density at radius 1 is 1.30 bits per heavy atom. The molecule has 1 amide bonds. The summed E-state index contributed by atoms with van der Waals surface area (Å²) in [6.07, 6.45) is 1.47. The van der Waals surface area contributed by atoms with Crippen molar-refractivity contribution in [2.24, 2.45) is 0 Å². The van der Waals surface area contributed by atoms with Gasteiger partial charge in [-0.15, -0.1) is 0 Å². The highest BCUT2D eigenvalue weighted by Gasteiger charge is 2.26. The van der Waals surface area contributed by atoms with Crippen molar-refractivity contribution in [1.29, 1.82) is 0 Å². The Labute approximate surface area is 182 Å². The zero-order valence-electron chi connectivity index (χ0n) is 16.4. The molecule has 1 aromatic carbocycles. The molecule has 1 aliphatic heterocycles. The van der Waals surface area contributed by atoms with Gasteiger partial charge in [-0.2, -0.15) is 11.3 Å². The van der Waals surface area contributed by atoms with E-state index in [1.165, 1.54) is 13.2 Å². The van der Waals surface area contributed by atoms with Crippen molar-refractivity contribution in [2.45, 2.75) is 18.9 Å². The number of anilines is 1. The number of rotatable bonds is 5. The highest BCUT2D eigenvalue weighted by atomic mass is 35.5. The molecule has 0 saturated carbocycles. The van der Waals surface area contributed by atoms with Crippen molar-refractivity contribution in [3.63, 3.8) is 0 Å². The van der Waals surface area contributed by atoms with Crippen LogP contribution in [0.15, 0.2) is 45.9 Å². The molecular formula is C21H21ClN4O3S. The molecule has 2 N–H and O–H groups in total. The van der Waals surface area contributed by atoms with Gasteiger partial charge in [0.15, 0.2) is 0 Å². The van der Waals surface area contributed by atoms with Crippen molar-refractivity contribution in [3.05, 3.63) is 62.0 Å². The number of carbonyl (C=O) groups is 1. The zero-order valence-corrected chi connectivity index (χ0v) is 17.9. The highest BCUT2D eigenvalue weighted by molar-refractivity contribution is 7.08. The molecule has 4 rings (SSSR count). The molecule has 3 heterocycles. The van der Waals surface area contributed by atoms with E-state index in [0.717, 1.165) is 18.4 Å². The average Bonchev–Trinajstić information content (AvgIpc) is 3.28. The topological polar surface area (TPSA) is 87.3 Å². The lowest BCUT2D eigenvalue weighted by Crippen LogP contribution is -2.42. The van der Waals surface area contributed by atoms with Gasteiger partial charge in [0.2, 0.25) is 5.95 Å². The number of likely N-dealkylation sites (tertiary alicyclic amines) is 1. The second kappa shape index (κ2) is 8.89. The highest BCUT2D eigenvalue weighted by Crippen LogP contribution is 2.26. The van der Waals surface area contributed by atoms with Crippen LogP contribution in [0.1, 0.15) is 23.2 Å². The van der Waals surface area contributed by atoms with E-state index in [1.54, 1.807) is 34.4 Å². The minimum atomic E-state index is -0.200. The van der Waals surface area contributed by atoms with E-state index in [0.29, 0.717) is 41.1 Å². The maximum Gasteiger partial charge on any atom is 0.257 e. The molecule has 0 bridgehead atoms. The number of H-pyrrole nitrogens is 1. The Hall–Kier alpha value is -2.84. The van der Waals surface area contributed by atoms with Crippen LogP contribution >= 0.6 is 22.9 Å². The lowest BCUT2D eigenvalue weighted by Gasteiger charge is -2.32. The third kappa shape index (κ3) is 4.49. The predicted molar refractivity (Wildman–Crippen MR) is 119 cm³/mol. The molecule has 0 spiro atoms. The van der Waals surface area contributed by atoms with Crippen LogP contribution in [-0.4, -0.2) is 47.0 Å². The first-order valence-electron chi connectivity index (χ1n) is 9.57. The van der Waals surface area contributed by atoms with E-state index in [4.69, 9.17) is 16.3 Å². The third-order valence-electron chi connectivity index (χ3n) is 5.07. The summed E-state index contributed by atoms with van der Waals surface area (Å²) in [5, 5.41) is 7.71. The van der Waals surface area contributed by atoms with Crippen LogP contribution in [0.3, 0.4) is 0 Å². The number of halogens is 1. The number of nitrogens with zero attached hydrogens (tertiary/aromatic N) is 2. The van der Waals surface area contributed by atoms with Crippen molar-refractivity contribution in [1.82, 2.24) is 14.9 Å². The fourth-order valence-electron chi connectivity index (χ4n) is 3.52. The second-order valence-electron chi connectivity index (χ2n) is 7.05. The fourth-order valence-corrected chi connectivity index (χ4v) is 4.34. The van der Waals surface area contributed by atoms with Gasteiger partial charge < -0.3 is 15.0 Å². The molecule has 1 fully saturated rings. The van der Waals surface area contributed by atoms with E-state index < -0.39 is 0 Å². The van der Waals surface area contributed by atoms with E-state index in [-0.39, 0.29) is 17.5 Å². The lowest BCUT2D eigenvalue weighted by molar-refractivity contribution is 0.0715. The molecule has 30 heavy (non-hydrogen) atoms. The van der Waals surface area contributed by atoms with Crippen molar-refractivity contribution in [2.75, 3.05) is 25.5 Å². The number of methoxy groups -OCH3 is 1. The van der Waals surface area contributed by atoms with Gasteiger partial charge in [-0.05, 0) is 42.5 Å². The van der Waals surface area contributed by atoms with Gasteiger partial charge >= 0.3 is 0 Å². The van der Waals surface area contributed by atoms with Crippen LogP contribution in [0.25, 0.3) is 11.3 Å². The molecular weight excluding hydrogens is 424 g/mol. The monoisotopic (exact) mass is 444 g/mol. The number of carbonyl (C=O) groups excluding carboxylic acids is 1. The number of ether oxygens (including phenoxy) is 1. The Morgan fingerprint density at radius 2 is 2.10 bits per heavy atom. The summed E-state index contributed by atoms with van der Waals surface area (Å²) in [6, 6.07) is 8.57. The van der Waals surface area contributed by atoms with Crippen molar-refractivity contribution in [3.8, 4) is 17.0 Å². The average molecular weight is 445 g/mol. The summed E-state index contributed by atoms with van der Waals surface area (Å²) in [6.45, 7) is 1.17. The number of aromatic amines is 1. The molecule has 2 aromatic heterocycles. The summed E-state index contributed by atoms with van der Waals surface area (Å²) >= 11 is 7.62. The van der Waals surface area contributed by atoms with Gasteiger partial charge in [-0.25, -0.2) is 4.98 Å². The Balaban J connectivity index is 1.41. The van der Waals surface area contributed by atoms with E-state index in [9.17, 15) is 9.59 Å². The number of aromatic nitrogens is 2. The molecule has 156 valence electrons. The largest absolute Gasteiger partial charge is 0.496 e. The Bertz CT molecular complexity index is 1090. The number of amides is 1.